The van der Waals surface area contributed by atoms with E-state index in [1.807, 2.05) is 0 Å². The van der Waals surface area contributed by atoms with E-state index in [9.17, 15) is 18.8 Å². The van der Waals surface area contributed by atoms with Crippen LogP contribution in [0.2, 0.25) is 0 Å². The summed E-state index contributed by atoms with van der Waals surface area (Å²) in [5.41, 5.74) is -0.0367. The average Bonchev–Trinajstić information content (AvgIpc) is 3.59. The van der Waals surface area contributed by atoms with Gasteiger partial charge in [0.1, 0.15) is 23.2 Å². The smallest absolute Gasteiger partial charge is 0.246 e. The molecular formula is C31H34FN3O5. The van der Waals surface area contributed by atoms with Crippen molar-refractivity contribution in [3.05, 3.63) is 72.1 Å². The summed E-state index contributed by atoms with van der Waals surface area (Å²) in [5.74, 6) is -2.10. The highest BCUT2D eigenvalue weighted by Crippen LogP contribution is 2.55. The van der Waals surface area contributed by atoms with Gasteiger partial charge in [-0.1, -0.05) is 50.1 Å². The van der Waals surface area contributed by atoms with Crippen molar-refractivity contribution in [3.63, 3.8) is 0 Å². The second-order valence-electron chi connectivity index (χ2n) is 11.4. The standard InChI is InChI=1S/C31H34FN3O5/c1-18-6-3-4-9-23(18)34-29(37)27-31-15-14-24(40-31)25(28(36)33-21-7-5-8-22(16-21)39-2)26(31)30(38)35(27)17-19-10-12-20(32)13-11-19/h5,7-8,10-16,18,23-27H,3-4,6,9,17H2,1-2H3,(H,33,36)(H,34,37). The summed E-state index contributed by atoms with van der Waals surface area (Å²) in [6, 6.07) is 11.9. The quantitative estimate of drug-likeness (QED) is 0.514. The zero-order chi connectivity index (χ0) is 28.0. The number of rotatable bonds is 7. The summed E-state index contributed by atoms with van der Waals surface area (Å²) < 4.78 is 25.3. The molecule has 1 aliphatic carbocycles. The van der Waals surface area contributed by atoms with Gasteiger partial charge in [-0.2, -0.15) is 0 Å². The number of amides is 3. The molecule has 0 aromatic heterocycles. The van der Waals surface area contributed by atoms with Crippen molar-refractivity contribution in [2.24, 2.45) is 17.8 Å². The van der Waals surface area contributed by atoms with E-state index in [1.165, 1.54) is 17.0 Å². The lowest BCUT2D eigenvalue weighted by Gasteiger charge is -2.36. The molecule has 2 saturated heterocycles. The van der Waals surface area contributed by atoms with Gasteiger partial charge in [-0.3, -0.25) is 14.4 Å². The zero-order valence-corrected chi connectivity index (χ0v) is 22.6. The number of halogens is 1. The Morgan fingerprint density at radius 1 is 1.12 bits per heavy atom. The molecule has 1 spiro atoms. The molecule has 3 aliphatic heterocycles. The lowest BCUT2D eigenvalue weighted by molar-refractivity contribution is -0.142. The topological polar surface area (TPSA) is 97.0 Å². The monoisotopic (exact) mass is 547 g/mol. The van der Waals surface area contributed by atoms with Crippen LogP contribution in [-0.2, 0) is 25.7 Å². The van der Waals surface area contributed by atoms with Gasteiger partial charge >= 0.3 is 0 Å². The van der Waals surface area contributed by atoms with Gasteiger partial charge in [-0.25, -0.2) is 4.39 Å². The number of fused-ring (bicyclic) bond motifs is 1. The molecule has 1 saturated carbocycles. The van der Waals surface area contributed by atoms with E-state index >= 15 is 0 Å². The fourth-order valence-corrected chi connectivity index (χ4v) is 6.94. The molecule has 0 radical (unpaired) electrons. The van der Waals surface area contributed by atoms with E-state index in [0.29, 0.717) is 22.9 Å². The molecule has 7 unspecified atom stereocenters. The van der Waals surface area contributed by atoms with E-state index in [2.05, 4.69) is 17.6 Å². The minimum Gasteiger partial charge on any atom is -0.497 e. The Hall–Kier alpha value is -3.72. The van der Waals surface area contributed by atoms with E-state index in [0.717, 1.165) is 25.7 Å². The Balaban J connectivity index is 1.32. The van der Waals surface area contributed by atoms with E-state index in [1.54, 1.807) is 55.7 Å². The highest BCUT2D eigenvalue weighted by molar-refractivity contribution is 6.02. The van der Waals surface area contributed by atoms with Crippen LogP contribution in [-0.4, -0.2) is 53.5 Å². The first-order chi connectivity index (χ1) is 19.3. The normalized spacial score (nSPS) is 32.2. The van der Waals surface area contributed by atoms with E-state index < -0.39 is 29.6 Å². The lowest BCUT2D eigenvalue weighted by atomic mass is 9.74. The number of methoxy groups -OCH3 is 1. The van der Waals surface area contributed by atoms with Gasteiger partial charge in [-0.05, 0) is 48.6 Å². The largest absolute Gasteiger partial charge is 0.497 e. The van der Waals surface area contributed by atoms with Crippen molar-refractivity contribution < 1.29 is 28.2 Å². The summed E-state index contributed by atoms with van der Waals surface area (Å²) in [5, 5.41) is 6.14. The van der Waals surface area contributed by atoms with Gasteiger partial charge in [0, 0.05) is 24.3 Å². The molecule has 4 aliphatic rings. The van der Waals surface area contributed by atoms with Gasteiger partial charge in [0.25, 0.3) is 0 Å². The van der Waals surface area contributed by atoms with Crippen LogP contribution < -0.4 is 15.4 Å². The number of nitrogens with zero attached hydrogens (tertiary/aromatic N) is 1. The number of nitrogens with one attached hydrogen (secondary N) is 2. The molecule has 9 heteroatoms. The Morgan fingerprint density at radius 3 is 2.65 bits per heavy atom. The maximum atomic E-state index is 14.1. The SMILES string of the molecule is COc1cccc(NC(=O)C2C3C=CC4(O3)C2C(=O)N(Cc2ccc(F)cc2)C4C(=O)NC2CCCCC2C)c1. The van der Waals surface area contributed by atoms with Crippen molar-refractivity contribution in [2.45, 2.75) is 62.9 Å². The first kappa shape index (κ1) is 26.5. The molecule has 8 nitrogen and oxygen atoms in total. The third kappa shape index (κ3) is 4.46. The number of hydrogen-bond acceptors (Lipinski definition) is 5. The molecule has 7 atom stereocenters. The Morgan fingerprint density at radius 2 is 1.90 bits per heavy atom. The third-order valence-corrected chi connectivity index (χ3v) is 8.97. The molecular weight excluding hydrogens is 513 g/mol. The molecule has 3 heterocycles. The van der Waals surface area contributed by atoms with Crippen LogP contribution in [0.4, 0.5) is 10.1 Å². The number of hydrogen-bond donors (Lipinski definition) is 2. The van der Waals surface area contributed by atoms with Crippen LogP contribution in [0.3, 0.4) is 0 Å². The molecule has 2 aromatic carbocycles. The fraction of sp³-hybridized carbons (Fsp3) is 0.452. The minimum atomic E-state index is -1.26. The van der Waals surface area contributed by atoms with E-state index in [4.69, 9.17) is 9.47 Å². The van der Waals surface area contributed by atoms with Crippen molar-refractivity contribution in [1.82, 2.24) is 10.2 Å². The second-order valence-corrected chi connectivity index (χ2v) is 11.4. The van der Waals surface area contributed by atoms with Crippen molar-refractivity contribution in [1.29, 1.82) is 0 Å². The number of carbonyl (C=O) groups is 3. The Labute approximate surface area is 232 Å². The highest BCUT2D eigenvalue weighted by atomic mass is 19.1. The van der Waals surface area contributed by atoms with Crippen LogP contribution in [0.1, 0.15) is 38.2 Å². The first-order valence-corrected chi connectivity index (χ1v) is 14.0. The summed E-state index contributed by atoms with van der Waals surface area (Å²) >= 11 is 0. The predicted molar refractivity (Wildman–Crippen MR) is 146 cm³/mol. The fourth-order valence-electron chi connectivity index (χ4n) is 6.94. The van der Waals surface area contributed by atoms with Crippen LogP contribution in [0, 0.1) is 23.6 Å². The summed E-state index contributed by atoms with van der Waals surface area (Å²) in [6.07, 6.45) is 7.06. The minimum absolute atomic E-state index is 0.00853. The van der Waals surface area contributed by atoms with Crippen molar-refractivity contribution in [2.75, 3.05) is 12.4 Å². The predicted octanol–water partition coefficient (Wildman–Crippen LogP) is 3.82. The van der Waals surface area contributed by atoms with Gasteiger partial charge in [0.2, 0.25) is 17.7 Å². The molecule has 3 amide bonds. The third-order valence-electron chi connectivity index (χ3n) is 8.97. The molecule has 2 N–H and O–H groups in total. The van der Waals surface area contributed by atoms with E-state index in [-0.39, 0.29) is 36.1 Å². The number of anilines is 1. The van der Waals surface area contributed by atoms with Crippen LogP contribution in [0.25, 0.3) is 0 Å². The molecule has 210 valence electrons. The van der Waals surface area contributed by atoms with Gasteiger partial charge < -0.3 is 25.0 Å². The molecule has 40 heavy (non-hydrogen) atoms. The lowest BCUT2D eigenvalue weighted by Crippen LogP contribution is -2.57. The molecule has 2 aromatic rings. The molecule has 3 fully saturated rings. The summed E-state index contributed by atoms with van der Waals surface area (Å²) in [4.78, 5) is 43.3. The number of ether oxygens (including phenoxy) is 2. The summed E-state index contributed by atoms with van der Waals surface area (Å²) in [7, 11) is 1.55. The summed E-state index contributed by atoms with van der Waals surface area (Å²) in [6.45, 7) is 2.24. The van der Waals surface area contributed by atoms with Crippen LogP contribution in [0.15, 0.2) is 60.7 Å². The van der Waals surface area contributed by atoms with Gasteiger partial charge in [-0.15, -0.1) is 0 Å². The van der Waals surface area contributed by atoms with Gasteiger partial charge in [0.15, 0.2) is 0 Å². The molecule has 2 bridgehead atoms. The Kier molecular flexibility index (Phi) is 6.86. The zero-order valence-electron chi connectivity index (χ0n) is 22.6. The first-order valence-electron chi connectivity index (χ1n) is 14.0. The highest BCUT2D eigenvalue weighted by Gasteiger charge is 2.72. The van der Waals surface area contributed by atoms with Crippen LogP contribution >= 0.6 is 0 Å². The maximum absolute atomic E-state index is 14.1. The van der Waals surface area contributed by atoms with Gasteiger partial charge in [0.05, 0.1) is 25.0 Å². The van der Waals surface area contributed by atoms with Crippen molar-refractivity contribution >= 4 is 23.4 Å². The maximum Gasteiger partial charge on any atom is 0.246 e. The number of benzene rings is 2. The van der Waals surface area contributed by atoms with Crippen LogP contribution in [0.5, 0.6) is 5.75 Å². The molecule has 6 rings (SSSR count). The second kappa shape index (κ2) is 10.4. The average molecular weight is 548 g/mol. The number of likely N-dealkylation sites (tertiary alicyclic amines) is 1. The number of carbonyl (C=O) groups excluding carboxylic acids is 3. The van der Waals surface area contributed by atoms with Crippen molar-refractivity contribution in [3.8, 4) is 5.75 Å². The Bertz CT molecular complexity index is 1350.